The summed E-state index contributed by atoms with van der Waals surface area (Å²) in [7, 11) is -1.83. The zero-order chi connectivity index (χ0) is 16.0. The van der Waals surface area contributed by atoms with Gasteiger partial charge in [-0.3, -0.25) is 0 Å². The molecule has 122 valence electrons. The number of methoxy groups -OCH3 is 1. The van der Waals surface area contributed by atoms with E-state index in [-0.39, 0.29) is 20.5 Å². The largest absolute Gasteiger partial charge is 0.381 e. The average molecular weight is 365 g/mol. The van der Waals surface area contributed by atoms with Crippen LogP contribution in [0.15, 0.2) is 17.2 Å². The summed E-state index contributed by atoms with van der Waals surface area (Å²) in [4.78, 5) is 3.93. The highest BCUT2D eigenvalue weighted by atomic mass is 35.5. The Morgan fingerprint density at radius 1 is 1.32 bits per heavy atom. The molecule has 1 saturated carbocycles. The van der Waals surface area contributed by atoms with Gasteiger partial charge in [-0.05, 0) is 37.2 Å². The molecule has 1 saturated heterocycles. The van der Waals surface area contributed by atoms with E-state index in [1.54, 1.807) is 7.11 Å². The Bertz CT molecular complexity index is 665. The summed E-state index contributed by atoms with van der Waals surface area (Å²) in [5, 5.41) is 0.261. The van der Waals surface area contributed by atoms with E-state index < -0.39 is 10.0 Å². The molecule has 1 spiro atoms. The van der Waals surface area contributed by atoms with E-state index in [0.29, 0.717) is 19.2 Å². The molecule has 0 amide bonds. The third-order valence-corrected chi connectivity index (χ3v) is 7.40. The van der Waals surface area contributed by atoms with E-state index in [0.717, 1.165) is 25.7 Å². The van der Waals surface area contributed by atoms with Gasteiger partial charge in [-0.2, -0.15) is 4.31 Å². The Labute approximate surface area is 140 Å². The Morgan fingerprint density at radius 3 is 2.50 bits per heavy atom. The van der Waals surface area contributed by atoms with Crippen molar-refractivity contribution < 1.29 is 13.2 Å². The van der Waals surface area contributed by atoms with Crippen LogP contribution >= 0.6 is 23.2 Å². The van der Waals surface area contributed by atoms with Crippen LogP contribution in [0.5, 0.6) is 0 Å². The van der Waals surface area contributed by atoms with Crippen LogP contribution in [-0.4, -0.2) is 44.0 Å². The Hall–Kier alpha value is -0.400. The highest BCUT2D eigenvalue weighted by Gasteiger charge is 2.47. The molecule has 0 bridgehead atoms. The molecule has 5 nitrogen and oxygen atoms in total. The normalized spacial score (nSPS) is 22.7. The van der Waals surface area contributed by atoms with E-state index in [4.69, 9.17) is 27.9 Å². The quantitative estimate of drug-likeness (QED) is 0.773. The second-order valence-corrected chi connectivity index (χ2v) is 8.82. The van der Waals surface area contributed by atoms with Gasteiger partial charge in [0, 0.05) is 26.4 Å². The van der Waals surface area contributed by atoms with Crippen LogP contribution < -0.4 is 0 Å². The highest BCUT2D eigenvalue weighted by Crippen LogP contribution is 2.50. The number of nitrogens with zero attached hydrogens (tertiary/aromatic N) is 2. The Morgan fingerprint density at radius 2 is 1.95 bits per heavy atom. The minimum atomic E-state index is -3.56. The summed E-state index contributed by atoms with van der Waals surface area (Å²) in [5.74, 6) is 0. The third kappa shape index (κ3) is 2.87. The maximum atomic E-state index is 12.6. The average Bonchev–Trinajstić information content (AvgIpc) is 2.47. The van der Waals surface area contributed by atoms with E-state index in [2.05, 4.69) is 4.98 Å². The molecule has 0 N–H and O–H groups in total. The lowest BCUT2D eigenvalue weighted by Crippen LogP contribution is -2.50. The first-order valence-electron chi connectivity index (χ1n) is 7.20. The second-order valence-electron chi connectivity index (χ2n) is 6.11. The first kappa shape index (κ1) is 16.5. The third-order valence-electron chi connectivity index (χ3n) is 4.85. The maximum Gasteiger partial charge on any atom is 0.244 e. The van der Waals surface area contributed by atoms with Gasteiger partial charge in [-0.15, -0.1) is 0 Å². The fourth-order valence-corrected chi connectivity index (χ4v) is 5.12. The molecule has 3 rings (SSSR count). The molecule has 2 aliphatic rings. The first-order valence-corrected chi connectivity index (χ1v) is 9.40. The van der Waals surface area contributed by atoms with Crippen LogP contribution in [0.1, 0.15) is 25.7 Å². The molecule has 0 atom stereocenters. The molecule has 1 aliphatic carbocycles. The summed E-state index contributed by atoms with van der Waals surface area (Å²) in [6.45, 7) is 1.05. The van der Waals surface area contributed by atoms with Crippen molar-refractivity contribution in [3.05, 3.63) is 22.4 Å². The number of aromatic nitrogens is 1. The lowest BCUT2D eigenvalue weighted by molar-refractivity contribution is -0.0804. The van der Waals surface area contributed by atoms with Gasteiger partial charge in [0.2, 0.25) is 10.0 Å². The lowest BCUT2D eigenvalue weighted by atomic mass is 9.62. The fourth-order valence-electron chi connectivity index (χ4n) is 3.38. The van der Waals surface area contributed by atoms with Crippen molar-refractivity contribution in [1.29, 1.82) is 0 Å². The molecule has 0 radical (unpaired) electrons. The van der Waals surface area contributed by atoms with Gasteiger partial charge in [0.05, 0.1) is 11.1 Å². The monoisotopic (exact) mass is 364 g/mol. The summed E-state index contributed by atoms with van der Waals surface area (Å²) in [5.41, 5.74) is 0.266. The minimum absolute atomic E-state index is 0.0984. The lowest BCUT2D eigenvalue weighted by Gasteiger charge is -2.51. The van der Waals surface area contributed by atoms with Gasteiger partial charge in [-0.25, -0.2) is 13.4 Å². The molecule has 1 aromatic rings. The number of piperidine rings is 1. The van der Waals surface area contributed by atoms with Crippen LogP contribution in [0.25, 0.3) is 0 Å². The minimum Gasteiger partial charge on any atom is -0.381 e. The number of sulfonamides is 1. The van der Waals surface area contributed by atoms with Crippen molar-refractivity contribution in [1.82, 2.24) is 9.29 Å². The number of pyridine rings is 1. The molecule has 2 fully saturated rings. The summed E-state index contributed by atoms with van der Waals surface area (Å²) in [6.07, 6.45) is 5.42. The standard InChI is InChI=1S/C14H18Cl2N2O3S/c1-21-10-7-14(8-10)2-4-18(5-3-14)22(19,20)11-6-12(15)13(16)17-9-11/h6,9-10H,2-5,7-8H2,1H3. The molecular weight excluding hydrogens is 347 g/mol. The number of halogens is 2. The topological polar surface area (TPSA) is 59.5 Å². The predicted molar refractivity (Wildman–Crippen MR) is 84.7 cm³/mol. The van der Waals surface area contributed by atoms with Crippen LogP contribution in [-0.2, 0) is 14.8 Å². The van der Waals surface area contributed by atoms with Crippen molar-refractivity contribution in [2.24, 2.45) is 5.41 Å². The summed E-state index contributed by atoms with van der Waals surface area (Å²) >= 11 is 11.6. The van der Waals surface area contributed by atoms with Crippen molar-refractivity contribution in [3.8, 4) is 0 Å². The van der Waals surface area contributed by atoms with Crippen molar-refractivity contribution >= 4 is 33.2 Å². The van der Waals surface area contributed by atoms with E-state index in [9.17, 15) is 8.42 Å². The van der Waals surface area contributed by atoms with Crippen molar-refractivity contribution in [2.45, 2.75) is 36.7 Å². The van der Waals surface area contributed by atoms with Gasteiger partial charge in [0.15, 0.2) is 0 Å². The molecule has 8 heteroatoms. The first-order chi connectivity index (χ1) is 10.4. The van der Waals surface area contributed by atoms with E-state index in [1.165, 1.54) is 16.6 Å². The molecule has 1 aliphatic heterocycles. The second kappa shape index (κ2) is 5.91. The number of hydrogen-bond donors (Lipinski definition) is 0. The van der Waals surface area contributed by atoms with Gasteiger partial charge >= 0.3 is 0 Å². The zero-order valence-corrected chi connectivity index (χ0v) is 14.6. The fraction of sp³-hybridized carbons (Fsp3) is 0.643. The number of ether oxygens (including phenoxy) is 1. The Balaban J connectivity index is 1.71. The van der Waals surface area contributed by atoms with Crippen LogP contribution in [0, 0.1) is 5.41 Å². The van der Waals surface area contributed by atoms with E-state index in [1.807, 2.05) is 0 Å². The van der Waals surface area contributed by atoms with Gasteiger partial charge in [0.25, 0.3) is 0 Å². The summed E-state index contributed by atoms with van der Waals surface area (Å²) < 4.78 is 32.1. The molecule has 2 heterocycles. The van der Waals surface area contributed by atoms with Crippen LogP contribution in [0.4, 0.5) is 0 Å². The Kier molecular flexibility index (Phi) is 4.42. The van der Waals surface area contributed by atoms with Gasteiger partial charge < -0.3 is 4.74 Å². The van der Waals surface area contributed by atoms with Gasteiger partial charge in [0.1, 0.15) is 10.0 Å². The maximum absolute atomic E-state index is 12.6. The molecule has 22 heavy (non-hydrogen) atoms. The number of rotatable bonds is 3. The SMILES string of the molecule is COC1CC2(CCN(S(=O)(=O)c3cnc(Cl)c(Cl)c3)CC2)C1. The van der Waals surface area contributed by atoms with Crippen LogP contribution in [0.2, 0.25) is 10.2 Å². The smallest absolute Gasteiger partial charge is 0.244 e. The van der Waals surface area contributed by atoms with Gasteiger partial charge in [-0.1, -0.05) is 23.2 Å². The van der Waals surface area contributed by atoms with E-state index >= 15 is 0 Å². The highest BCUT2D eigenvalue weighted by molar-refractivity contribution is 7.89. The molecule has 0 aromatic carbocycles. The van der Waals surface area contributed by atoms with Crippen molar-refractivity contribution in [2.75, 3.05) is 20.2 Å². The van der Waals surface area contributed by atoms with Crippen molar-refractivity contribution in [3.63, 3.8) is 0 Å². The molecule has 0 unspecified atom stereocenters. The summed E-state index contributed by atoms with van der Waals surface area (Å²) in [6, 6.07) is 1.36. The zero-order valence-electron chi connectivity index (χ0n) is 12.3. The van der Waals surface area contributed by atoms with Crippen LogP contribution in [0.3, 0.4) is 0 Å². The number of hydrogen-bond acceptors (Lipinski definition) is 4. The molecular formula is C14H18Cl2N2O3S. The predicted octanol–water partition coefficient (Wildman–Crippen LogP) is 2.97. The molecule has 1 aromatic heterocycles.